The lowest BCUT2D eigenvalue weighted by Crippen LogP contribution is -2.45. The van der Waals surface area contributed by atoms with E-state index in [1.54, 1.807) is 12.1 Å². The minimum Gasteiger partial charge on any atom is -0.458 e. The number of carbonyl (C=O) groups is 1. The molecule has 2 aromatic heterocycles. The van der Waals surface area contributed by atoms with E-state index in [-0.39, 0.29) is 23.9 Å². The number of furan rings is 1. The molecule has 7 nitrogen and oxygen atoms in total. The fraction of sp³-hybridized carbons (Fsp3) is 0.300. The summed E-state index contributed by atoms with van der Waals surface area (Å²) in [7, 11) is -3.89. The number of benzene rings is 1. The van der Waals surface area contributed by atoms with Crippen LogP contribution in [0, 0.1) is 12.7 Å². The highest BCUT2D eigenvalue weighted by Crippen LogP contribution is 2.27. The van der Waals surface area contributed by atoms with Gasteiger partial charge < -0.3 is 9.73 Å². The molecule has 1 fully saturated rings. The van der Waals surface area contributed by atoms with Gasteiger partial charge in [-0.15, -0.1) is 11.3 Å². The predicted molar refractivity (Wildman–Crippen MR) is 110 cm³/mol. The molecule has 0 unspecified atom stereocenters. The average molecular weight is 450 g/mol. The molecule has 0 aliphatic carbocycles. The number of halogens is 1. The Morgan fingerprint density at radius 3 is 2.77 bits per heavy atom. The van der Waals surface area contributed by atoms with Crippen LogP contribution < -0.4 is 5.32 Å². The lowest BCUT2D eigenvalue weighted by Gasteiger charge is -2.23. The highest BCUT2D eigenvalue weighted by molar-refractivity contribution is 7.89. The number of rotatable bonds is 6. The molecule has 1 saturated heterocycles. The summed E-state index contributed by atoms with van der Waals surface area (Å²) >= 11 is 1.52. The molecule has 10 heteroatoms. The molecule has 1 aromatic carbocycles. The van der Waals surface area contributed by atoms with Gasteiger partial charge >= 0.3 is 0 Å². The van der Waals surface area contributed by atoms with Gasteiger partial charge in [0.2, 0.25) is 15.9 Å². The number of thiazole rings is 1. The Morgan fingerprint density at radius 2 is 2.07 bits per heavy atom. The van der Waals surface area contributed by atoms with Crippen molar-refractivity contribution in [1.29, 1.82) is 0 Å². The lowest BCUT2D eigenvalue weighted by molar-refractivity contribution is -0.124. The van der Waals surface area contributed by atoms with Crippen molar-refractivity contribution in [2.45, 2.75) is 37.2 Å². The molecule has 3 heterocycles. The fourth-order valence-electron chi connectivity index (χ4n) is 3.41. The summed E-state index contributed by atoms with van der Waals surface area (Å²) in [5, 5.41) is 5.58. The Kier molecular flexibility index (Phi) is 5.72. The van der Waals surface area contributed by atoms with E-state index in [9.17, 15) is 17.6 Å². The molecule has 1 N–H and O–H groups in total. The molecular weight excluding hydrogens is 429 g/mol. The van der Waals surface area contributed by atoms with Crippen molar-refractivity contribution in [3.8, 4) is 11.5 Å². The second-order valence-electron chi connectivity index (χ2n) is 6.96. The number of nitrogens with zero attached hydrogens (tertiary/aromatic N) is 2. The van der Waals surface area contributed by atoms with Crippen molar-refractivity contribution in [2.24, 2.45) is 0 Å². The SMILES string of the molecule is Cc1nc(-c2ccc(CNC(=O)[C@@H]3CCCN3S(=O)(=O)c3ccc(F)cc3)o2)cs1. The summed E-state index contributed by atoms with van der Waals surface area (Å²) in [6.45, 7) is 2.29. The van der Waals surface area contributed by atoms with Gasteiger partial charge in [0.15, 0.2) is 5.76 Å². The van der Waals surface area contributed by atoms with Crippen LogP contribution >= 0.6 is 11.3 Å². The molecule has 30 heavy (non-hydrogen) atoms. The maximum atomic E-state index is 13.1. The standard InChI is InChI=1S/C20H20FN3O4S2/c1-13-23-17(12-29-13)19-9-6-15(28-19)11-22-20(25)18-3-2-10-24(18)30(26,27)16-7-4-14(21)5-8-16/h4-9,12,18H,2-3,10-11H2,1H3,(H,22,25)/t18-/m0/s1. The van der Waals surface area contributed by atoms with Crippen molar-refractivity contribution >= 4 is 27.3 Å². The first-order chi connectivity index (χ1) is 14.3. The second kappa shape index (κ2) is 8.29. The highest BCUT2D eigenvalue weighted by atomic mass is 32.2. The van der Waals surface area contributed by atoms with Crippen LogP contribution in [0.2, 0.25) is 0 Å². The van der Waals surface area contributed by atoms with Crippen molar-refractivity contribution < 1.29 is 22.0 Å². The fourth-order valence-corrected chi connectivity index (χ4v) is 5.67. The van der Waals surface area contributed by atoms with Crippen LogP contribution in [0.25, 0.3) is 11.5 Å². The Labute approximate surface area is 177 Å². The zero-order chi connectivity index (χ0) is 21.3. The summed E-state index contributed by atoms with van der Waals surface area (Å²) in [5.74, 6) is 0.260. The van der Waals surface area contributed by atoms with Crippen LogP contribution in [0.15, 0.2) is 51.1 Å². The van der Waals surface area contributed by atoms with Crippen molar-refractivity contribution in [1.82, 2.24) is 14.6 Å². The minimum atomic E-state index is -3.89. The first-order valence-electron chi connectivity index (χ1n) is 9.41. The van der Waals surface area contributed by atoms with E-state index in [0.717, 1.165) is 22.8 Å². The first kappa shape index (κ1) is 20.7. The third-order valence-electron chi connectivity index (χ3n) is 4.90. The van der Waals surface area contributed by atoms with Crippen molar-refractivity contribution in [3.05, 3.63) is 58.4 Å². The van der Waals surface area contributed by atoms with E-state index in [1.165, 1.54) is 27.8 Å². The highest BCUT2D eigenvalue weighted by Gasteiger charge is 2.39. The zero-order valence-electron chi connectivity index (χ0n) is 16.2. The molecule has 0 spiro atoms. The van der Waals surface area contributed by atoms with Gasteiger partial charge in [0, 0.05) is 11.9 Å². The normalized spacial score (nSPS) is 17.3. The summed E-state index contributed by atoms with van der Waals surface area (Å²) < 4.78 is 45.9. The molecule has 0 radical (unpaired) electrons. The summed E-state index contributed by atoms with van der Waals surface area (Å²) in [6.07, 6.45) is 1.00. The zero-order valence-corrected chi connectivity index (χ0v) is 17.8. The van der Waals surface area contributed by atoms with Crippen LogP contribution in [0.4, 0.5) is 4.39 Å². The summed E-state index contributed by atoms with van der Waals surface area (Å²) in [5.41, 5.74) is 0.738. The molecule has 0 saturated carbocycles. The van der Waals surface area contributed by atoms with Gasteiger partial charge in [-0.05, 0) is 56.2 Å². The number of carbonyl (C=O) groups excluding carboxylic acids is 1. The van der Waals surface area contributed by atoms with Gasteiger partial charge in [-0.2, -0.15) is 4.31 Å². The van der Waals surface area contributed by atoms with Crippen molar-refractivity contribution in [2.75, 3.05) is 6.54 Å². The molecule has 1 atom stereocenters. The number of amides is 1. The smallest absolute Gasteiger partial charge is 0.243 e. The van der Waals surface area contributed by atoms with Gasteiger partial charge in [0.05, 0.1) is 16.4 Å². The van der Waals surface area contributed by atoms with E-state index in [0.29, 0.717) is 24.4 Å². The van der Waals surface area contributed by atoms with Gasteiger partial charge in [0.25, 0.3) is 0 Å². The minimum absolute atomic E-state index is 0.0298. The van der Waals surface area contributed by atoms with E-state index >= 15 is 0 Å². The summed E-state index contributed by atoms with van der Waals surface area (Å²) in [4.78, 5) is 17.0. The maximum absolute atomic E-state index is 13.1. The molecule has 1 amide bonds. The van der Waals surface area contributed by atoms with Crippen molar-refractivity contribution in [3.63, 3.8) is 0 Å². The van der Waals surface area contributed by atoms with Gasteiger partial charge in [-0.25, -0.2) is 17.8 Å². The Balaban J connectivity index is 1.43. The topological polar surface area (TPSA) is 92.5 Å². The van der Waals surface area contributed by atoms with Gasteiger partial charge in [-0.3, -0.25) is 4.79 Å². The Morgan fingerprint density at radius 1 is 1.30 bits per heavy atom. The van der Waals surface area contributed by atoms with E-state index in [2.05, 4.69) is 10.3 Å². The monoisotopic (exact) mass is 449 g/mol. The third kappa shape index (κ3) is 4.16. The van der Waals surface area contributed by atoms with Crippen LogP contribution in [-0.4, -0.2) is 36.2 Å². The van der Waals surface area contributed by atoms with Gasteiger partial charge in [0.1, 0.15) is 23.3 Å². The lowest BCUT2D eigenvalue weighted by atomic mass is 10.2. The Bertz CT molecular complexity index is 1150. The van der Waals surface area contributed by atoms with Crippen LogP contribution in [0.1, 0.15) is 23.6 Å². The number of hydrogen-bond acceptors (Lipinski definition) is 6. The number of nitrogens with one attached hydrogen (secondary N) is 1. The average Bonchev–Trinajstić information content (AvgIpc) is 3.47. The second-order valence-corrected chi connectivity index (χ2v) is 9.92. The quantitative estimate of drug-likeness (QED) is 0.623. The van der Waals surface area contributed by atoms with E-state index in [1.807, 2.05) is 12.3 Å². The maximum Gasteiger partial charge on any atom is 0.243 e. The van der Waals surface area contributed by atoms with E-state index < -0.39 is 21.9 Å². The molecule has 0 bridgehead atoms. The molecular formula is C20H20FN3O4S2. The van der Waals surface area contributed by atoms with Crippen LogP contribution in [0.3, 0.4) is 0 Å². The van der Waals surface area contributed by atoms with Gasteiger partial charge in [-0.1, -0.05) is 0 Å². The van der Waals surface area contributed by atoms with Crippen LogP contribution in [-0.2, 0) is 21.4 Å². The number of hydrogen-bond donors (Lipinski definition) is 1. The first-order valence-corrected chi connectivity index (χ1v) is 11.7. The molecule has 4 rings (SSSR count). The van der Waals surface area contributed by atoms with E-state index in [4.69, 9.17) is 4.42 Å². The number of sulfonamides is 1. The Hall–Kier alpha value is -2.56. The summed E-state index contributed by atoms with van der Waals surface area (Å²) in [6, 6.07) is 7.34. The molecule has 158 valence electrons. The predicted octanol–water partition coefficient (Wildman–Crippen LogP) is 3.32. The molecule has 1 aliphatic rings. The number of aromatic nitrogens is 1. The van der Waals surface area contributed by atoms with Crippen LogP contribution in [0.5, 0.6) is 0 Å². The third-order valence-corrected chi connectivity index (χ3v) is 7.59. The molecule has 3 aromatic rings. The largest absolute Gasteiger partial charge is 0.458 e. The number of aryl methyl sites for hydroxylation is 1. The molecule has 1 aliphatic heterocycles.